The van der Waals surface area contributed by atoms with Crippen molar-refractivity contribution in [2.45, 2.75) is 148 Å². The van der Waals surface area contributed by atoms with E-state index in [4.69, 9.17) is 0 Å². The fourth-order valence-electron chi connectivity index (χ4n) is 6.85. The fourth-order valence-corrected chi connectivity index (χ4v) is 6.85. The van der Waals surface area contributed by atoms with E-state index in [1.54, 1.807) is 0 Å². The topological polar surface area (TPSA) is 17.1 Å². The van der Waals surface area contributed by atoms with Crippen LogP contribution in [0.5, 0.6) is 0 Å². The molecule has 0 aliphatic heterocycles. The molecular formula is C33H54O. The first-order valence-corrected chi connectivity index (χ1v) is 15.2. The van der Waals surface area contributed by atoms with Crippen molar-refractivity contribution in [2.75, 3.05) is 0 Å². The molecule has 0 spiro atoms. The van der Waals surface area contributed by atoms with Crippen LogP contribution in [0.3, 0.4) is 0 Å². The summed E-state index contributed by atoms with van der Waals surface area (Å²) in [5.41, 5.74) is 3.02. The van der Waals surface area contributed by atoms with E-state index in [0.717, 1.165) is 31.1 Å². The first kappa shape index (κ1) is 27.5. The van der Waals surface area contributed by atoms with Gasteiger partial charge in [0.1, 0.15) is 6.29 Å². The number of unbranched alkanes of at least 4 members (excludes halogenated alkanes) is 6. The lowest BCUT2D eigenvalue weighted by Crippen LogP contribution is -2.28. The van der Waals surface area contributed by atoms with Crippen LogP contribution in [0.25, 0.3) is 0 Å². The van der Waals surface area contributed by atoms with Gasteiger partial charge in [-0.3, -0.25) is 0 Å². The van der Waals surface area contributed by atoms with E-state index in [1.807, 2.05) is 0 Å². The minimum Gasteiger partial charge on any atom is -0.303 e. The molecule has 0 aromatic heterocycles. The molecule has 2 fully saturated rings. The number of aryl methyl sites for hydroxylation is 1. The monoisotopic (exact) mass is 466 g/mol. The van der Waals surface area contributed by atoms with Crippen LogP contribution in [-0.4, -0.2) is 6.29 Å². The van der Waals surface area contributed by atoms with E-state index in [-0.39, 0.29) is 5.41 Å². The van der Waals surface area contributed by atoms with Crippen LogP contribution in [0.2, 0.25) is 0 Å². The first-order chi connectivity index (χ1) is 16.7. The van der Waals surface area contributed by atoms with E-state index in [1.165, 1.54) is 127 Å². The highest BCUT2D eigenvalue weighted by Crippen LogP contribution is 2.45. The third-order valence-electron chi connectivity index (χ3n) is 9.48. The Morgan fingerprint density at radius 3 is 1.94 bits per heavy atom. The molecule has 0 N–H and O–H groups in total. The Bertz CT molecular complexity index is 658. The van der Waals surface area contributed by atoms with Gasteiger partial charge in [0.2, 0.25) is 0 Å². The zero-order valence-electron chi connectivity index (χ0n) is 22.7. The van der Waals surface area contributed by atoms with Gasteiger partial charge in [-0.25, -0.2) is 0 Å². The standard InChI is InChI=1S/C33H54O/c1-3-5-7-8-9-11-28-12-14-29(15-13-28)16-17-30-18-20-31(21-19-30)32-22-25-33(27-34,26-23-32)24-10-6-4-2/h18-21,27-29,32H,3-17,22-26H2,1-2H3. The lowest BCUT2D eigenvalue weighted by Gasteiger charge is -2.36. The summed E-state index contributed by atoms with van der Waals surface area (Å²) in [4.78, 5) is 11.9. The SMILES string of the molecule is CCCCCCCC1CCC(CCc2ccc(C3CCC(C=O)(CCCCC)CC3)cc2)CC1. The molecule has 192 valence electrons. The van der Waals surface area contributed by atoms with Crippen molar-refractivity contribution in [3.63, 3.8) is 0 Å². The molecule has 0 amide bonds. The van der Waals surface area contributed by atoms with Crippen molar-refractivity contribution in [2.24, 2.45) is 17.3 Å². The summed E-state index contributed by atoms with van der Waals surface area (Å²) in [5, 5.41) is 0. The molecule has 3 rings (SSSR count). The number of hydrogen-bond acceptors (Lipinski definition) is 1. The highest BCUT2D eigenvalue weighted by atomic mass is 16.1. The van der Waals surface area contributed by atoms with Crippen molar-refractivity contribution in [1.29, 1.82) is 0 Å². The van der Waals surface area contributed by atoms with Crippen molar-refractivity contribution >= 4 is 6.29 Å². The number of rotatable bonds is 15. The molecule has 1 aromatic rings. The van der Waals surface area contributed by atoms with Gasteiger partial charge in [0.15, 0.2) is 0 Å². The van der Waals surface area contributed by atoms with Gasteiger partial charge in [-0.1, -0.05) is 122 Å². The third kappa shape index (κ3) is 8.83. The number of carbonyl (C=O) groups excluding carboxylic acids is 1. The molecule has 0 radical (unpaired) electrons. The van der Waals surface area contributed by atoms with Crippen molar-refractivity contribution in [3.05, 3.63) is 35.4 Å². The average molecular weight is 467 g/mol. The van der Waals surface area contributed by atoms with E-state index < -0.39 is 0 Å². The van der Waals surface area contributed by atoms with Crippen molar-refractivity contribution in [3.8, 4) is 0 Å². The van der Waals surface area contributed by atoms with Gasteiger partial charge in [0.05, 0.1) is 0 Å². The summed E-state index contributed by atoms with van der Waals surface area (Å²) in [7, 11) is 0. The molecule has 2 saturated carbocycles. The van der Waals surface area contributed by atoms with Crippen LogP contribution in [0.15, 0.2) is 24.3 Å². The number of hydrogen-bond donors (Lipinski definition) is 0. The second kappa shape index (κ2) is 15.1. The molecule has 0 atom stereocenters. The highest BCUT2D eigenvalue weighted by Gasteiger charge is 2.35. The number of aldehydes is 1. The molecule has 0 unspecified atom stereocenters. The summed E-state index contributed by atoms with van der Waals surface area (Å²) in [6.45, 7) is 4.55. The largest absolute Gasteiger partial charge is 0.303 e. The number of benzene rings is 1. The van der Waals surface area contributed by atoms with Gasteiger partial charge >= 0.3 is 0 Å². The Labute approximate surface area is 211 Å². The maximum Gasteiger partial charge on any atom is 0.126 e. The van der Waals surface area contributed by atoms with Gasteiger partial charge in [0, 0.05) is 5.41 Å². The van der Waals surface area contributed by atoms with E-state index >= 15 is 0 Å². The fraction of sp³-hybridized carbons (Fsp3) is 0.788. The Morgan fingerprint density at radius 2 is 1.32 bits per heavy atom. The Morgan fingerprint density at radius 1 is 0.735 bits per heavy atom. The van der Waals surface area contributed by atoms with Crippen LogP contribution in [0.1, 0.15) is 153 Å². The van der Waals surface area contributed by atoms with Crippen LogP contribution in [0.4, 0.5) is 0 Å². The third-order valence-corrected chi connectivity index (χ3v) is 9.48. The van der Waals surface area contributed by atoms with Gasteiger partial charge in [0.25, 0.3) is 0 Å². The number of carbonyl (C=O) groups is 1. The van der Waals surface area contributed by atoms with E-state index in [9.17, 15) is 4.79 Å². The van der Waals surface area contributed by atoms with E-state index in [0.29, 0.717) is 5.92 Å². The summed E-state index contributed by atoms with van der Waals surface area (Å²) >= 11 is 0. The quantitative estimate of drug-likeness (QED) is 0.185. The summed E-state index contributed by atoms with van der Waals surface area (Å²) < 4.78 is 0. The maximum absolute atomic E-state index is 11.9. The Kier molecular flexibility index (Phi) is 12.2. The molecule has 1 heteroatoms. The summed E-state index contributed by atoms with van der Waals surface area (Å²) in [6.07, 6.45) is 27.9. The lowest BCUT2D eigenvalue weighted by atomic mass is 9.67. The highest BCUT2D eigenvalue weighted by molar-refractivity contribution is 5.59. The molecule has 34 heavy (non-hydrogen) atoms. The second-order valence-electron chi connectivity index (χ2n) is 12.1. The molecule has 2 aliphatic carbocycles. The normalized spacial score (nSPS) is 27.5. The minimum atomic E-state index is -0.0142. The van der Waals surface area contributed by atoms with E-state index in [2.05, 4.69) is 38.1 Å². The zero-order chi connectivity index (χ0) is 24.1. The van der Waals surface area contributed by atoms with Crippen molar-refractivity contribution < 1.29 is 4.79 Å². The molecular weight excluding hydrogens is 412 g/mol. The van der Waals surface area contributed by atoms with Crippen LogP contribution < -0.4 is 0 Å². The van der Waals surface area contributed by atoms with Gasteiger partial charge in [-0.2, -0.15) is 0 Å². The Balaban J connectivity index is 1.34. The van der Waals surface area contributed by atoms with Crippen LogP contribution >= 0.6 is 0 Å². The van der Waals surface area contributed by atoms with Crippen molar-refractivity contribution in [1.82, 2.24) is 0 Å². The summed E-state index contributed by atoms with van der Waals surface area (Å²) in [6, 6.07) is 9.61. The molecule has 0 heterocycles. The zero-order valence-corrected chi connectivity index (χ0v) is 22.7. The van der Waals surface area contributed by atoms with Crippen LogP contribution in [-0.2, 0) is 11.2 Å². The molecule has 1 nitrogen and oxygen atoms in total. The first-order valence-electron chi connectivity index (χ1n) is 15.2. The second-order valence-corrected chi connectivity index (χ2v) is 12.1. The van der Waals surface area contributed by atoms with Gasteiger partial charge in [-0.05, 0) is 73.8 Å². The molecule has 1 aromatic carbocycles. The molecule has 0 bridgehead atoms. The summed E-state index contributed by atoms with van der Waals surface area (Å²) in [5.74, 6) is 2.64. The maximum atomic E-state index is 11.9. The lowest BCUT2D eigenvalue weighted by molar-refractivity contribution is -0.118. The molecule has 0 saturated heterocycles. The van der Waals surface area contributed by atoms with Gasteiger partial charge in [-0.15, -0.1) is 0 Å². The average Bonchev–Trinajstić information content (AvgIpc) is 2.89. The predicted molar refractivity (Wildman–Crippen MR) is 147 cm³/mol. The molecule has 2 aliphatic rings. The smallest absolute Gasteiger partial charge is 0.126 e. The van der Waals surface area contributed by atoms with Gasteiger partial charge < -0.3 is 4.79 Å². The Hall–Kier alpha value is -1.11. The predicted octanol–water partition coefficient (Wildman–Crippen LogP) is 10.2. The van der Waals surface area contributed by atoms with Crippen LogP contribution in [0, 0.1) is 17.3 Å². The minimum absolute atomic E-state index is 0.0142.